The van der Waals surface area contributed by atoms with Gasteiger partial charge in [-0.3, -0.25) is 4.79 Å². The Morgan fingerprint density at radius 1 is 1.33 bits per heavy atom. The number of hydrogen-bond acceptors (Lipinski definition) is 2. The Kier molecular flexibility index (Phi) is 2.18. The lowest BCUT2D eigenvalue weighted by molar-refractivity contribution is -0.125. The predicted octanol–water partition coefficient (Wildman–Crippen LogP) is 1.37. The fourth-order valence-corrected chi connectivity index (χ4v) is 2.93. The summed E-state index contributed by atoms with van der Waals surface area (Å²) in [6.07, 6.45) is 5.37. The lowest BCUT2D eigenvalue weighted by Gasteiger charge is -2.19. The number of fused-ring (bicyclic) bond motifs is 2. The van der Waals surface area contributed by atoms with Crippen molar-refractivity contribution in [2.45, 2.75) is 32.1 Å². The monoisotopic (exact) mass is 168 g/mol. The number of hydrogen-bond donors (Lipinski definition) is 1. The largest absolute Gasteiger partial charge is 0.396 e. The molecule has 2 saturated carbocycles. The standard InChI is InChI=1S/C10H16O2/c11-4-3-10(12)9-6-7-1-2-8(9)5-7/h7-9,11H,1-6H2. The second-order valence-electron chi connectivity index (χ2n) is 4.22. The summed E-state index contributed by atoms with van der Waals surface area (Å²) in [4.78, 5) is 11.5. The quantitative estimate of drug-likeness (QED) is 0.691. The summed E-state index contributed by atoms with van der Waals surface area (Å²) >= 11 is 0. The van der Waals surface area contributed by atoms with Crippen LogP contribution in [-0.4, -0.2) is 17.5 Å². The lowest BCUT2D eigenvalue weighted by atomic mass is 9.85. The highest BCUT2D eigenvalue weighted by Crippen LogP contribution is 2.48. The van der Waals surface area contributed by atoms with Crippen LogP contribution in [0.1, 0.15) is 32.1 Å². The summed E-state index contributed by atoms with van der Waals surface area (Å²) in [7, 11) is 0. The number of aliphatic hydroxyl groups excluding tert-OH is 1. The van der Waals surface area contributed by atoms with Crippen LogP contribution in [0.2, 0.25) is 0 Å². The number of ketones is 1. The van der Waals surface area contributed by atoms with E-state index in [2.05, 4.69) is 0 Å². The Labute approximate surface area is 73.0 Å². The number of rotatable bonds is 3. The number of Topliss-reactive ketones (excluding diaryl/α,β-unsaturated/α-hetero) is 1. The molecule has 2 bridgehead atoms. The van der Waals surface area contributed by atoms with E-state index in [-0.39, 0.29) is 6.61 Å². The first-order chi connectivity index (χ1) is 5.81. The molecule has 0 heterocycles. The van der Waals surface area contributed by atoms with Gasteiger partial charge in [-0.05, 0) is 31.1 Å². The van der Waals surface area contributed by atoms with Gasteiger partial charge in [0.25, 0.3) is 0 Å². The minimum absolute atomic E-state index is 0.0344. The maximum Gasteiger partial charge on any atom is 0.138 e. The van der Waals surface area contributed by atoms with Crippen LogP contribution in [0.25, 0.3) is 0 Å². The summed E-state index contributed by atoms with van der Waals surface area (Å²) < 4.78 is 0. The lowest BCUT2D eigenvalue weighted by Crippen LogP contribution is -2.21. The van der Waals surface area contributed by atoms with Crippen molar-refractivity contribution >= 4 is 5.78 Å². The minimum Gasteiger partial charge on any atom is -0.396 e. The minimum atomic E-state index is 0.0344. The molecule has 1 N–H and O–H groups in total. The molecule has 0 radical (unpaired) electrons. The van der Waals surface area contributed by atoms with E-state index in [1.165, 1.54) is 19.3 Å². The third-order valence-electron chi connectivity index (χ3n) is 3.51. The van der Waals surface area contributed by atoms with Crippen LogP contribution < -0.4 is 0 Å². The van der Waals surface area contributed by atoms with Gasteiger partial charge in [0.1, 0.15) is 5.78 Å². The van der Waals surface area contributed by atoms with E-state index in [0.29, 0.717) is 24.0 Å². The van der Waals surface area contributed by atoms with Gasteiger partial charge >= 0.3 is 0 Å². The molecule has 0 aromatic carbocycles. The van der Waals surface area contributed by atoms with E-state index >= 15 is 0 Å². The SMILES string of the molecule is O=C(CCO)C1CC2CCC1C2. The van der Waals surface area contributed by atoms with Gasteiger partial charge in [-0.2, -0.15) is 0 Å². The van der Waals surface area contributed by atoms with Gasteiger partial charge in [0.05, 0.1) is 0 Å². The maximum atomic E-state index is 11.5. The van der Waals surface area contributed by atoms with Gasteiger partial charge in [-0.25, -0.2) is 0 Å². The topological polar surface area (TPSA) is 37.3 Å². The molecule has 2 aliphatic carbocycles. The molecular formula is C10H16O2. The summed E-state index contributed by atoms with van der Waals surface area (Å²) in [5.41, 5.74) is 0. The fourth-order valence-electron chi connectivity index (χ4n) is 2.93. The van der Waals surface area contributed by atoms with Crippen LogP contribution in [0.5, 0.6) is 0 Å². The van der Waals surface area contributed by atoms with Crippen LogP contribution in [0.4, 0.5) is 0 Å². The first-order valence-corrected chi connectivity index (χ1v) is 4.95. The molecule has 3 unspecified atom stereocenters. The van der Waals surface area contributed by atoms with E-state index in [0.717, 1.165) is 12.3 Å². The third kappa shape index (κ3) is 1.28. The second-order valence-corrected chi connectivity index (χ2v) is 4.22. The van der Waals surface area contributed by atoms with E-state index in [9.17, 15) is 4.79 Å². The van der Waals surface area contributed by atoms with Crippen LogP contribution in [0, 0.1) is 17.8 Å². The zero-order valence-electron chi connectivity index (χ0n) is 7.33. The van der Waals surface area contributed by atoms with Gasteiger partial charge in [-0.15, -0.1) is 0 Å². The van der Waals surface area contributed by atoms with Crippen LogP contribution >= 0.6 is 0 Å². The molecule has 0 aromatic heterocycles. The first-order valence-electron chi connectivity index (χ1n) is 4.95. The molecule has 2 fully saturated rings. The molecular weight excluding hydrogens is 152 g/mol. The number of carbonyl (C=O) groups is 1. The van der Waals surface area contributed by atoms with Crippen molar-refractivity contribution in [2.75, 3.05) is 6.61 Å². The highest BCUT2D eigenvalue weighted by Gasteiger charge is 2.42. The molecule has 2 aliphatic rings. The van der Waals surface area contributed by atoms with Gasteiger partial charge in [0.15, 0.2) is 0 Å². The molecule has 2 nitrogen and oxygen atoms in total. The van der Waals surface area contributed by atoms with Gasteiger partial charge < -0.3 is 5.11 Å². The maximum absolute atomic E-state index is 11.5. The van der Waals surface area contributed by atoms with E-state index in [1.54, 1.807) is 0 Å². The summed E-state index contributed by atoms with van der Waals surface area (Å²) in [5.74, 6) is 2.14. The zero-order valence-corrected chi connectivity index (χ0v) is 7.33. The molecule has 0 spiro atoms. The Morgan fingerprint density at radius 3 is 2.67 bits per heavy atom. The smallest absolute Gasteiger partial charge is 0.138 e. The van der Waals surface area contributed by atoms with E-state index in [4.69, 9.17) is 5.11 Å². The van der Waals surface area contributed by atoms with Gasteiger partial charge in [0.2, 0.25) is 0 Å². The molecule has 0 saturated heterocycles. The molecule has 2 rings (SSSR count). The van der Waals surface area contributed by atoms with Crippen LogP contribution in [0.3, 0.4) is 0 Å². The molecule has 3 atom stereocenters. The number of aliphatic hydroxyl groups is 1. The van der Waals surface area contributed by atoms with Gasteiger partial charge in [0, 0.05) is 18.9 Å². The van der Waals surface area contributed by atoms with Crippen LogP contribution in [-0.2, 0) is 4.79 Å². The van der Waals surface area contributed by atoms with E-state index in [1.807, 2.05) is 0 Å². The Hall–Kier alpha value is -0.370. The molecule has 2 heteroatoms. The van der Waals surface area contributed by atoms with Crippen molar-refractivity contribution in [3.8, 4) is 0 Å². The molecule has 0 aliphatic heterocycles. The van der Waals surface area contributed by atoms with Crippen molar-refractivity contribution in [2.24, 2.45) is 17.8 Å². The average Bonchev–Trinajstić information content (AvgIpc) is 2.64. The van der Waals surface area contributed by atoms with Crippen molar-refractivity contribution < 1.29 is 9.90 Å². The zero-order chi connectivity index (χ0) is 8.55. The molecule has 0 aromatic rings. The van der Waals surface area contributed by atoms with Crippen molar-refractivity contribution in [3.63, 3.8) is 0 Å². The number of carbonyl (C=O) groups excluding carboxylic acids is 1. The normalized spacial score (nSPS) is 38.9. The Bertz CT molecular complexity index is 188. The van der Waals surface area contributed by atoms with E-state index < -0.39 is 0 Å². The molecule has 0 amide bonds. The first kappa shape index (κ1) is 8.24. The fraction of sp³-hybridized carbons (Fsp3) is 0.900. The summed E-state index contributed by atoms with van der Waals surface area (Å²) in [5, 5.41) is 8.65. The second kappa shape index (κ2) is 3.17. The van der Waals surface area contributed by atoms with Gasteiger partial charge in [-0.1, -0.05) is 6.42 Å². The van der Waals surface area contributed by atoms with Crippen molar-refractivity contribution in [3.05, 3.63) is 0 Å². The summed E-state index contributed by atoms with van der Waals surface area (Å²) in [6.45, 7) is 0.0344. The van der Waals surface area contributed by atoms with Crippen LogP contribution in [0.15, 0.2) is 0 Å². The van der Waals surface area contributed by atoms with Crippen molar-refractivity contribution in [1.82, 2.24) is 0 Å². The average molecular weight is 168 g/mol. The summed E-state index contributed by atoms with van der Waals surface area (Å²) in [6, 6.07) is 0. The Balaban J connectivity index is 1.93. The highest BCUT2D eigenvalue weighted by atomic mass is 16.3. The Morgan fingerprint density at radius 2 is 2.17 bits per heavy atom. The molecule has 12 heavy (non-hydrogen) atoms. The predicted molar refractivity (Wildman–Crippen MR) is 45.6 cm³/mol. The van der Waals surface area contributed by atoms with Crippen molar-refractivity contribution in [1.29, 1.82) is 0 Å². The highest BCUT2D eigenvalue weighted by molar-refractivity contribution is 5.81. The third-order valence-corrected chi connectivity index (χ3v) is 3.51. The molecule has 68 valence electrons.